The van der Waals surface area contributed by atoms with Gasteiger partial charge in [0.15, 0.2) is 0 Å². The Morgan fingerprint density at radius 1 is 0.933 bits per heavy atom. The van der Waals surface area contributed by atoms with Crippen molar-refractivity contribution in [1.29, 1.82) is 0 Å². The number of carboxylic acids is 1. The smallest absolute Gasteiger partial charge is 0.328 e. The van der Waals surface area contributed by atoms with Gasteiger partial charge in [0, 0.05) is 29.4 Å². The number of rotatable bonds is 4. The summed E-state index contributed by atoms with van der Waals surface area (Å²) in [6, 6.07) is 9.72. The van der Waals surface area contributed by atoms with Gasteiger partial charge in [-0.05, 0) is 59.0 Å². The fraction of sp³-hybridized carbons (Fsp3) is 0.308. The van der Waals surface area contributed by atoms with Crippen LogP contribution in [-0.2, 0) is 20.4 Å². The quantitative estimate of drug-likeness (QED) is 0.302. The highest BCUT2D eigenvalue weighted by Gasteiger charge is 2.33. The second kappa shape index (κ2) is 7.60. The lowest BCUT2D eigenvalue weighted by molar-refractivity contribution is -0.132. The summed E-state index contributed by atoms with van der Waals surface area (Å²) in [6.07, 6.45) is 7.14. The molecule has 0 bridgehead atoms. The summed E-state index contributed by atoms with van der Waals surface area (Å²) >= 11 is 0. The Hall–Kier alpha value is -3.14. The number of carbonyl (C=O) groups excluding carboxylic acids is 1. The molecule has 0 radical (unpaired) electrons. The highest BCUT2D eigenvalue weighted by atomic mass is 16.5. The Kier molecular flexibility index (Phi) is 5.46. The molecular weight excluding hydrogens is 376 g/mol. The molecule has 0 atom stereocenters. The molecule has 156 valence electrons. The molecule has 1 N–H and O–H groups in total. The number of aryl methyl sites for hydroxylation is 1. The maximum absolute atomic E-state index is 11.7. The first kappa shape index (κ1) is 21.6. The first-order valence-electron chi connectivity index (χ1n) is 10.0. The van der Waals surface area contributed by atoms with E-state index in [0.717, 1.165) is 28.3 Å². The average Bonchev–Trinajstić information content (AvgIpc) is 2.64. The zero-order valence-electron chi connectivity index (χ0n) is 18.4. The third-order valence-electron chi connectivity index (χ3n) is 5.64. The topological polar surface area (TPSA) is 63.6 Å². The van der Waals surface area contributed by atoms with Crippen molar-refractivity contribution < 1.29 is 19.4 Å². The summed E-state index contributed by atoms with van der Waals surface area (Å²) in [7, 11) is 0. The van der Waals surface area contributed by atoms with Crippen molar-refractivity contribution in [1.82, 2.24) is 0 Å². The number of hydrogen-bond acceptors (Lipinski definition) is 3. The highest BCUT2D eigenvalue weighted by Crippen LogP contribution is 2.45. The van der Waals surface area contributed by atoms with Crippen molar-refractivity contribution in [3.63, 3.8) is 0 Å². The van der Waals surface area contributed by atoms with Crippen LogP contribution in [0.25, 0.3) is 17.2 Å². The Morgan fingerprint density at radius 3 is 2.10 bits per heavy atom. The van der Waals surface area contributed by atoms with Crippen LogP contribution >= 0.6 is 0 Å². The number of benzene rings is 2. The molecule has 0 aromatic heterocycles. The third-order valence-corrected chi connectivity index (χ3v) is 5.64. The number of esters is 1. The standard InChI is InChI=1S/C26H28O4/c1-16-13-21-22(26(5,6)12-11-25(21,3)4)15-19(16)20-14-18(8-10-24(28)29)7-9-23(20)30-17(2)27/h7-15H,1-6H3,(H,28,29)/b10-8+. The molecule has 0 fully saturated rings. The van der Waals surface area contributed by atoms with Gasteiger partial charge in [0.05, 0.1) is 0 Å². The fourth-order valence-electron chi connectivity index (χ4n) is 3.93. The second-order valence-corrected chi connectivity index (χ2v) is 9.01. The largest absolute Gasteiger partial charge is 0.478 e. The monoisotopic (exact) mass is 404 g/mol. The molecular formula is C26H28O4. The van der Waals surface area contributed by atoms with Crippen LogP contribution in [0.15, 0.2) is 48.6 Å². The van der Waals surface area contributed by atoms with Gasteiger partial charge in [0.25, 0.3) is 0 Å². The van der Waals surface area contributed by atoms with Crippen LogP contribution in [0.5, 0.6) is 5.75 Å². The highest BCUT2D eigenvalue weighted by molar-refractivity contribution is 5.87. The minimum Gasteiger partial charge on any atom is -0.478 e. The molecule has 4 heteroatoms. The summed E-state index contributed by atoms with van der Waals surface area (Å²) < 4.78 is 5.48. The molecule has 0 saturated heterocycles. The van der Waals surface area contributed by atoms with Crippen LogP contribution in [0.4, 0.5) is 0 Å². The van der Waals surface area contributed by atoms with E-state index in [9.17, 15) is 9.59 Å². The van der Waals surface area contributed by atoms with Crippen molar-refractivity contribution in [2.24, 2.45) is 0 Å². The molecule has 1 aliphatic carbocycles. The maximum Gasteiger partial charge on any atom is 0.328 e. The second-order valence-electron chi connectivity index (χ2n) is 9.01. The van der Waals surface area contributed by atoms with Crippen LogP contribution in [0.2, 0.25) is 0 Å². The van der Waals surface area contributed by atoms with Gasteiger partial charge in [0.1, 0.15) is 5.75 Å². The lowest BCUT2D eigenvalue weighted by atomic mass is 9.67. The molecule has 2 aromatic carbocycles. The predicted molar refractivity (Wildman–Crippen MR) is 120 cm³/mol. The predicted octanol–water partition coefficient (Wildman–Crippen LogP) is 5.81. The van der Waals surface area contributed by atoms with Gasteiger partial charge in [-0.1, -0.05) is 52.0 Å². The van der Waals surface area contributed by atoms with E-state index in [0.29, 0.717) is 5.75 Å². The fourth-order valence-corrected chi connectivity index (χ4v) is 3.93. The summed E-state index contributed by atoms with van der Waals surface area (Å²) in [5.41, 5.74) is 5.84. The van der Waals surface area contributed by atoms with E-state index in [1.54, 1.807) is 12.1 Å². The number of carbonyl (C=O) groups is 2. The maximum atomic E-state index is 11.7. The number of aliphatic carboxylic acids is 1. The molecule has 30 heavy (non-hydrogen) atoms. The number of fused-ring (bicyclic) bond motifs is 1. The van der Waals surface area contributed by atoms with Crippen LogP contribution in [0, 0.1) is 6.92 Å². The van der Waals surface area contributed by atoms with E-state index in [4.69, 9.17) is 9.84 Å². The van der Waals surface area contributed by atoms with Crippen molar-refractivity contribution in [2.45, 2.75) is 52.4 Å². The summed E-state index contributed by atoms with van der Waals surface area (Å²) in [5, 5.41) is 8.96. The first-order valence-corrected chi connectivity index (χ1v) is 10.0. The zero-order valence-corrected chi connectivity index (χ0v) is 18.4. The van der Waals surface area contributed by atoms with Crippen LogP contribution in [-0.4, -0.2) is 17.0 Å². The van der Waals surface area contributed by atoms with Crippen molar-refractivity contribution in [2.75, 3.05) is 0 Å². The number of ether oxygens (including phenoxy) is 1. The summed E-state index contributed by atoms with van der Waals surface area (Å²) in [5.74, 6) is -0.951. The molecule has 0 saturated carbocycles. The van der Waals surface area contributed by atoms with E-state index >= 15 is 0 Å². The minimum absolute atomic E-state index is 0.0705. The minimum atomic E-state index is -1.01. The van der Waals surface area contributed by atoms with Gasteiger partial charge < -0.3 is 9.84 Å². The molecule has 3 rings (SSSR count). The third kappa shape index (κ3) is 4.23. The lowest BCUT2D eigenvalue weighted by Gasteiger charge is -2.37. The van der Waals surface area contributed by atoms with E-state index in [-0.39, 0.29) is 10.8 Å². The summed E-state index contributed by atoms with van der Waals surface area (Å²) in [4.78, 5) is 22.6. The van der Waals surface area contributed by atoms with E-state index in [1.165, 1.54) is 24.1 Å². The van der Waals surface area contributed by atoms with Gasteiger partial charge in [-0.15, -0.1) is 0 Å². The SMILES string of the molecule is CC(=O)Oc1ccc(/C=C/C(=O)O)cc1-c1cc2c(cc1C)C(C)(C)C=CC2(C)C. The lowest BCUT2D eigenvalue weighted by Crippen LogP contribution is -2.29. The van der Waals surface area contributed by atoms with Crippen molar-refractivity contribution in [3.05, 3.63) is 70.8 Å². The molecule has 4 nitrogen and oxygen atoms in total. The first-order chi connectivity index (χ1) is 13.9. The van der Waals surface area contributed by atoms with Crippen LogP contribution in [0.3, 0.4) is 0 Å². The Bertz CT molecular complexity index is 1080. The van der Waals surface area contributed by atoms with Gasteiger partial charge >= 0.3 is 11.9 Å². The molecule has 0 spiro atoms. The summed E-state index contributed by atoms with van der Waals surface area (Å²) in [6.45, 7) is 12.2. The van der Waals surface area contributed by atoms with E-state index in [1.807, 2.05) is 13.0 Å². The van der Waals surface area contributed by atoms with Crippen LogP contribution in [0.1, 0.15) is 56.9 Å². The molecule has 0 heterocycles. The van der Waals surface area contributed by atoms with Gasteiger partial charge in [0.2, 0.25) is 0 Å². The van der Waals surface area contributed by atoms with Gasteiger partial charge in [-0.25, -0.2) is 4.79 Å². The molecule has 1 aliphatic rings. The molecule has 0 unspecified atom stereocenters. The molecule has 0 aliphatic heterocycles. The average molecular weight is 405 g/mol. The normalized spacial score (nSPS) is 16.3. The zero-order chi connectivity index (χ0) is 22.3. The van der Waals surface area contributed by atoms with Crippen molar-refractivity contribution >= 4 is 18.0 Å². The Morgan fingerprint density at radius 2 is 1.53 bits per heavy atom. The van der Waals surface area contributed by atoms with Gasteiger partial charge in [-0.2, -0.15) is 0 Å². The number of allylic oxidation sites excluding steroid dienone is 2. The number of hydrogen-bond donors (Lipinski definition) is 1. The van der Waals surface area contributed by atoms with E-state index < -0.39 is 11.9 Å². The molecule has 2 aromatic rings. The molecule has 0 amide bonds. The Balaban J connectivity index is 2.25. The van der Waals surface area contributed by atoms with Crippen molar-refractivity contribution in [3.8, 4) is 16.9 Å². The number of carboxylic acid groups (broad SMARTS) is 1. The Labute approximate surface area is 177 Å². The van der Waals surface area contributed by atoms with Gasteiger partial charge in [-0.3, -0.25) is 4.79 Å². The van der Waals surface area contributed by atoms with Crippen LogP contribution < -0.4 is 4.74 Å². The van der Waals surface area contributed by atoms with E-state index in [2.05, 4.69) is 52.0 Å².